The molecular formula is C18H29N5O4. The number of hydrogen-bond donors (Lipinski definition) is 2. The zero-order valence-electron chi connectivity index (χ0n) is 16.4. The van der Waals surface area contributed by atoms with Gasteiger partial charge in [-0.2, -0.15) is 4.98 Å². The van der Waals surface area contributed by atoms with Crippen molar-refractivity contribution < 1.29 is 19.7 Å². The molecule has 9 heteroatoms. The van der Waals surface area contributed by atoms with Crippen molar-refractivity contribution in [2.45, 2.75) is 31.4 Å². The maximum atomic E-state index is 11.8. The summed E-state index contributed by atoms with van der Waals surface area (Å²) in [6, 6.07) is 0.00979. The third-order valence-electron chi connectivity index (χ3n) is 5.48. The molecule has 2 N–H and O–H groups in total. The predicted octanol–water partition coefficient (Wildman–Crippen LogP) is -0.213. The second kappa shape index (κ2) is 7.57. The van der Waals surface area contributed by atoms with Gasteiger partial charge in [0.15, 0.2) is 0 Å². The summed E-state index contributed by atoms with van der Waals surface area (Å²) in [5.74, 6) is 0.237. The van der Waals surface area contributed by atoms with Crippen LogP contribution in [0.5, 0.6) is 0 Å². The first-order valence-corrected chi connectivity index (χ1v) is 9.25. The molecule has 2 aliphatic heterocycles. The lowest BCUT2D eigenvalue weighted by molar-refractivity contribution is -0.142. The highest BCUT2D eigenvalue weighted by atomic mass is 16.5. The van der Waals surface area contributed by atoms with E-state index in [-0.39, 0.29) is 6.04 Å². The van der Waals surface area contributed by atoms with Crippen molar-refractivity contribution in [3.63, 3.8) is 0 Å². The zero-order valence-corrected chi connectivity index (χ0v) is 16.4. The molecule has 0 saturated carbocycles. The Bertz CT molecular complexity index is 690. The minimum absolute atomic E-state index is 0.00979. The van der Waals surface area contributed by atoms with Crippen LogP contribution in [0.15, 0.2) is 6.20 Å². The molecule has 150 valence electrons. The monoisotopic (exact) mass is 379 g/mol. The summed E-state index contributed by atoms with van der Waals surface area (Å²) in [6.45, 7) is 6.88. The average Bonchev–Trinajstić information content (AvgIpc) is 3.04. The number of ether oxygens (including phenoxy) is 1. The number of anilines is 2. The number of morpholine rings is 1. The van der Waals surface area contributed by atoms with Crippen LogP contribution < -0.4 is 9.80 Å². The maximum Gasteiger partial charge on any atom is 0.313 e. The van der Waals surface area contributed by atoms with Gasteiger partial charge in [0.1, 0.15) is 5.82 Å². The molecule has 0 amide bonds. The molecular weight excluding hydrogens is 350 g/mol. The van der Waals surface area contributed by atoms with Crippen LogP contribution in [-0.4, -0.2) is 96.7 Å². The van der Waals surface area contributed by atoms with Gasteiger partial charge in [0, 0.05) is 37.9 Å². The van der Waals surface area contributed by atoms with Crippen LogP contribution in [0.25, 0.3) is 0 Å². The molecule has 2 aliphatic rings. The molecule has 0 unspecified atom stereocenters. The number of likely N-dealkylation sites (N-methyl/N-ethyl adjacent to an activating group) is 1. The summed E-state index contributed by atoms with van der Waals surface area (Å²) < 4.78 is 5.43. The Labute approximate surface area is 159 Å². The Balaban J connectivity index is 1.97. The summed E-state index contributed by atoms with van der Waals surface area (Å²) in [7, 11) is 3.88. The minimum atomic E-state index is -1.11. The lowest BCUT2D eigenvalue weighted by Crippen LogP contribution is -2.40. The van der Waals surface area contributed by atoms with E-state index >= 15 is 0 Å². The second-order valence-electron chi connectivity index (χ2n) is 7.94. The molecule has 27 heavy (non-hydrogen) atoms. The second-order valence-corrected chi connectivity index (χ2v) is 7.94. The number of aromatic nitrogens is 2. The molecule has 1 aromatic rings. The van der Waals surface area contributed by atoms with Gasteiger partial charge in [-0.1, -0.05) is 0 Å². The van der Waals surface area contributed by atoms with Crippen molar-refractivity contribution >= 4 is 17.7 Å². The largest absolute Gasteiger partial charge is 0.481 e. The van der Waals surface area contributed by atoms with Crippen molar-refractivity contribution in [3.05, 3.63) is 11.8 Å². The van der Waals surface area contributed by atoms with E-state index in [2.05, 4.69) is 9.88 Å². The van der Waals surface area contributed by atoms with E-state index in [9.17, 15) is 15.0 Å². The fourth-order valence-electron chi connectivity index (χ4n) is 3.53. The number of aliphatic hydroxyl groups excluding tert-OH is 1. The van der Waals surface area contributed by atoms with Gasteiger partial charge in [-0.25, -0.2) is 4.98 Å². The van der Waals surface area contributed by atoms with E-state index < -0.39 is 17.5 Å². The normalized spacial score (nSPS) is 23.9. The third-order valence-corrected chi connectivity index (χ3v) is 5.48. The standard InChI is InChI=1S/C18H29N5O4/c1-18(2,16(25)26)12-9-19-17(20-15(12)22-5-7-27-8-6-22)23-10-13(21(3)4)14(24)11-23/h9,13-14,24H,5-8,10-11H2,1-4H3,(H,25,26)/t13-,14-/m0/s1. The fourth-order valence-corrected chi connectivity index (χ4v) is 3.53. The van der Waals surface area contributed by atoms with E-state index in [1.54, 1.807) is 20.0 Å². The average molecular weight is 379 g/mol. The number of carboxylic acid groups (broad SMARTS) is 1. The van der Waals surface area contributed by atoms with E-state index in [1.807, 2.05) is 23.9 Å². The van der Waals surface area contributed by atoms with Crippen LogP contribution in [0.3, 0.4) is 0 Å². The Morgan fingerprint density at radius 3 is 2.48 bits per heavy atom. The summed E-state index contributed by atoms with van der Waals surface area (Å²) in [6.07, 6.45) is 1.14. The smallest absolute Gasteiger partial charge is 0.313 e. The summed E-state index contributed by atoms with van der Waals surface area (Å²) >= 11 is 0. The summed E-state index contributed by atoms with van der Waals surface area (Å²) in [5, 5.41) is 20.0. The highest BCUT2D eigenvalue weighted by Crippen LogP contribution is 2.33. The molecule has 0 aliphatic carbocycles. The predicted molar refractivity (Wildman–Crippen MR) is 101 cm³/mol. The first-order chi connectivity index (χ1) is 12.7. The number of carboxylic acids is 1. The van der Waals surface area contributed by atoms with Crippen molar-refractivity contribution in [1.29, 1.82) is 0 Å². The van der Waals surface area contributed by atoms with Crippen molar-refractivity contribution in [1.82, 2.24) is 14.9 Å². The first-order valence-electron chi connectivity index (χ1n) is 9.25. The summed E-state index contributed by atoms with van der Waals surface area (Å²) in [5.41, 5.74) is -0.521. The Morgan fingerprint density at radius 2 is 1.93 bits per heavy atom. The van der Waals surface area contributed by atoms with Crippen LogP contribution in [0.2, 0.25) is 0 Å². The van der Waals surface area contributed by atoms with Gasteiger partial charge in [0.25, 0.3) is 0 Å². The van der Waals surface area contributed by atoms with Gasteiger partial charge in [0.05, 0.1) is 30.8 Å². The van der Waals surface area contributed by atoms with Crippen LogP contribution in [0.1, 0.15) is 19.4 Å². The maximum absolute atomic E-state index is 11.8. The number of aliphatic carboxylic acids is 1. The molecule has 9 nitrogen and oxygen atoms in total. The van der Waals surface area contributed by atoms with Crippen LogP contribution in [0.4, 0.5) is 11.8 Å². The van der Waals surface area contributed by atoms with Gasteiger partial charge in [-0.15, -0.1) is 0 Å². The van der Waals surface area contributed by atoms with E-state index in [0.29, 0.717) is 56.7 Å². The molecule has 2 atom stereocenters. The number of nitrogens with zero attached hydrogens (tertiary/aromatic N) is 5. The number of aliphatic hydroxyl groups is 1. The SMILES string of the molecule is CN(C)[C@H]1CN(c2ncc(C(C)(C)C(=O)O)c(N3CCOCC3)n2)C[C@@H]1O. The lowest BCUT2D eigenvalue weighted by Gasteiger charge is -2.33. The van der Waals surface area contributed by atoms with Gasteiger partial charge in [-0.05, 0) is 27.9 Å². The third kappa shape index (κ3) is 3.85. The zero-order chi connectivity index (χ0) is 19.8. The highest BCUT2D eigenvalue weighted by Gasteiger charge is 2.37. The number of carbonyl (C=O) groups is 1. The van der Waals surface area contributed by atoms with Crippen LogP contribution >= 0.6 is 0 Å². The lowest BCUT2D eigenvalue weighted by atomic mass is 9.85. The molecule has 3 heterocycles. The fraction of sp³-hybridized carbons (Fsp3) is 0.722. The Kier molecular flexibility index (Phi) is 5.55. The molecule has 2 saturated heterocycles. The Hall–Kier alpha value is -1.97. The van der Waals surface area contributed by atoms with Crippen molar-refractivity contribution in [2.75, 3.05) is 63.3 Å². The molecule has 2 fully saturated rings. The molecule has 0 radical (unpaired) electrons. The Morgan fingerprint density at radius 1 is 1.26 bits per heavy atom. The molecule has 1 aromatic heterocycles. The van der Waals surface area contributed by atoms with Gasteiger partial charge >= 0.3 is 5.97 Å². The topological polar surface area (TPSA) is 102 Å². The first kappa shape index (κ1) is 19.8. The molecule has 0 bridgehead atoms. The van der Waals surface area contributed by atoms with Gasteiger partial charge in [-0.3, -0.25) is 4.79 Å². The van der Waals surface area contributed by atoms with Gasteiger partial charge < -0.3 is 29.6 Å². The van der Waals surface area contributed by atoms with E-state index in [0.717, 1.165) is 0 Å². The number of β-amino-alcohol motifs (C(OH)–C–C–N with tert-alkyl or cyclic N) is 1. The molecule has 0 spiro atoms. The quantitative estimate of drug-likeness (QED) is 0.719. The molecule has 3 rings (SSSR count). The van der Waals surface area contributed by atoms with E-state index in [4.69, 9.17) is 9.72 Å². The summed E-state index contributed by atoms with van der Waals surface area (Å²) in [4.78, 5) is 27.0. The van der Waals surface area contributed by atoms with E-state index in [1.165, 1.54) is 0 Å². The number of rotatable bonds is 5. The minimum Gasteiger partial charge on any atom is -0.481 e. The molecule has 0 aromatic carbocycles. The van der Waals surface area contributed by atoms with Crippen LogP contribution in [-0.2, 0) is 14.9 Å². The van der Waals surface area contributed by atoms with Crippen molar-refractivity contribution in [2.24, 2.45) is 0 Å². The van der Waals surface area contributed by atoms with Gasteiger partial charge in [0.2, 0.25) is 5.95 Å². The number of hydrogen-bond acceptors (Lipinski definition) is 8. The highest BCUT2D eigenvalue weighted by molar-refractivity contribution is 5.82. The van der Waals surface area contributed by atoms with Crippen molar-refractivity contribution in [3.8, 4) is 0 Å². The van der Waals surface area contributed by atoms with Crippen LogP contribution in [0, 0.1) is 0 Å².